The number of nitrogens with zero attached hydrogens (tertiary/aromatic N) is 1. The average Bonchev–Trinajstić information content (AvgIpc) is 2.34. The van der Waals surface area contributed by atoms with E-state index in [1.807, 2.05) is 18.5 Å². The third kappa shape index (κ3) is 3.02. The molecule has 0 saturated heterocycles. The van der Waals surface area contributed by atoms with E-state index in [1.165, 1.54) is 16.3 Å². The summed E-state index contributed by atoms with van der Waals surface area (Å²) in [6.45, 7) is 6.56. The topological polar surface area (TPSA) is 12.9 Å². The van der Waals surface area contributed by atoms with Crippen LogP contribution in [0.4, 0.5) is 0 Å². The number of hydrogen-bond donors (Lipinski definition) is 0. The van der Waals surface area contributed by atoms with Gasteiger partial charge < -0.3 is 0 Å². The van der Waals surface area contributed by atoms with Crippen LogP contribution in [0.2, 0.25) is 0 Å². The molecule has 0 amide bonds. The molecule has 1 heterocycles. The molecule has 2 heteroatoms. The highest BCUT2D eigenvalue weighted by atomic mass is 35.5. The Balaban J connectivity index is 2.18. The highest BCUT2D eigenvalue weighted by Crippen LogP contribution is 2.29. The van der Waals surface area contributed by atoms with Crippen LogP contribution >= 0.6 is 11.6 Å². The van der Waals surface area contributed by atoms with Crippen LogP contribution < -0.4 is 0 Å². The van der Waals surface area contributed by atoms with Gasteiger partial charge in [0.15, 0.2) is 0 Å². The smallest absolute Gasteiger partial charge is 0.0387 e. The van der Waals surface area contributed by atoms with Crippen molar-refractivity contribution in [2.24, 2.45) is 5.41 Å². The van der Waals surface area contributed by atoms with Crippen LogP contribution in [0, 0.1) is 5.41 Å². The van der Waals surface area contributed by atoms with Crippen molar-refractivity contribution in [1.82, 2.24) is 4.98 Å². The number of rotatable bonds is 3. The highest BCUT2D eigenvalue weighted by molar-refractivity contribution is 6.21. The fraction of sp³-hybridized carbons (Fsp3) is 0.438. The highest BCUT2D eigenvalue weighted by Gasteiger charge is 2.21. The maximum atomic E-state index is 6.44. The molecule has 1 atom stereocenters. The monoisotopic (exact) mass is 261 g/mol. The van der Waals surface area contributed by atoms with Gasteiger partial charge in [0.25, 0.3) is 0 Å². The second-order valence-electron chi connectivity index (χ2n) is 5.89. The number of aromatic nitrogens is 1. The van der Waals surface area contributed by atoms with Gasteiger partial charge in [-0.3, -0.25) is 4.98 Å². The second-order valence-corrected chi connectivity index (χ2v) is 6.42. The van der Waals surface area contributed by atoms with Crippen LogP contribution in [-0.4, -0.2) is 10.4 Å². The summed E-state index contributed by atoms with van der Waals surface area (Å²) in [7, 11) is 0. The zero-order valence-electron chi connectivity index (χ0n) is 11.3. The molecule has 0 aliphatic heterocycles. The molecule has 1 aromatic carbocycles. The van der Waals surface area contributed by atoms with E-state index in [9.17, 15) is 0 Å². The van der Waals surface area contributed by atoms with Crippen molar-refractivity contribution in [3.8, 4) is 0 Å². The van der Waals surface area contributed by atoms with Crippen LogP contribution in [0.3, 0.4) is 0 Å². The van der Waals surface area contributed by atoms with Crippen LogP contribution in [0.25, 0.3) is 10.8 Å². The molecule has 0 aliphatic carbocycles. The van der Waals surface area contributed by atoms with E-state index in [1.54, 1.807) is 0 Å². The number of benzene rings is 1. The summed E-state index contributed by atoms with van der Waals surface area (Å²) >= 11 is 6.44. The lowest BCUT2D eigenvalue weighted by atomic mass is 9.88. The Kier molecular flexibility index (Phi) is 3.91. The van der Waals surface area contributed by atoms with Crippen molar-refractivity contribution in [3.05, 3.63) is 42.2 Å². The fourth-order valence-corrected chi connectivity index (χ4v) is 2.20. The maximum Gasteiger partial charge on any atom is 0.0387 e. The Bertz CT molecular complexity index is 523. The van der Waals surface area contributed by atoms with E-state index in [0.29, 0.717) is 0 Å². The minimum absolute atomic E-state index is 0.152. The molecular weight excluding hydrogens is 242 g/mol. The molecule has 0 bridgehead atoms. The number of hydrogen-bond acceptors (Lipinski definition) is 1. The van der Waals surface area contributed by atoms with Gasteiger partial charge >= 0.3 is 0 Å². The molecule has 0 saturated carbocycles. The van der Waals surface area contributed by atoms with Crippen molar-refractivity contribution in [1.29, 1.82) is 0 Å². The van der Waals surface area contributed by atoms with Gasteiger partial charge in [0.1, 0.15) is 0 Å². The van der Waals surface area contributed by atoms with Crippen molar-refractivity contribution in [2.75, 3.05) is 0 Å². The van der Waals surface area contributed by atoms with Crippen molar-refractivity contribution in [3.63, 3.8) is 0 Å². The first-order chi connectivity index (χ1) is 8.48. The minimum atomic E-state index is 0.152. The molecule has 0 spiro atoms. The molecule has 0 radical (unpaired) electrons. The molecule has 1 aromatic heterocycles. The molecule has 2 aromatic rings. The SMILES string of the molecule is CC(C)(C)C(Cl)CCc1cncc2ccccc12. The first-order valence-corrected chi connectivity index (χ1v) is 6.88. The van der Waals surface area contributed by atoms with E-state index in [2.05, 4.69) is 44.0 Å². The fourth-order valence-electron chi connectivity index (χ4n) is 2.09. The Morgan fingerprint density at radius 2 is 1.89 bits per heavy atom. The van der Waals surface area contributed by atoms with Gasteiger partial charge in [0.05, 0.1) is 0 Å². The first-order valence-electron chi connectivity index (χ1n) is 6.44. The second kappa shape index (κ2) is 5.27. The zero-order valence-corrected chi connectivity index (χ0v) is 12.0. The Morgan fingerprint density at radius 3 is 2.61 bits per heavy atom. The third-order valence-corrected chi connectivity index (χ3v) is 4.23. The Morgan fingerprint density at radius 1 is 1.17 bits per heavy atom. The molecule has 0 fully saturated rings. The number of alkyl halides is 1. The molecule has 1 unspecified atom stereocenters. The Labute approximate surface area is 114 Å². The molecular formula is C16H20ClN. The largest absolute Gasteiger partial charge is 0.264 e. The summed E-state index contributed by atoms with van der Waals surface area (Å²) in [5.41, 5.74) is 1.45. The molecule has 1 nitrogen and oxygen atoms in total. The van der Waals surface area contributed by atoms with Gasteiger partial charge in [-0.1, -0.05) is 45.0 Å². The van der Waals surface area contributed by atoms with E-state index in [4.69, 9.17) is 11.6 Å². The maximum absolute atomic E-state index is 6.44. The standard InChI is InChI=1S/C16H20ClN/c1-16(2,3)15(17)9-8-13-11-18-10-12-6-4-5-7-14(12)13/h4-7,10-11,15H,8-9H2,1-3H3. The van der Waals surface area contributed by atoms with E-state index >= 15 is 0 Å². The Hall–Kier alpha value is -1.08. The predicted octanol–water partition coefficient (Wildman–Crippen LogP) is 4.82. The number of pyridine rings is 1. The molecule has 0 aliphatic rings. The van der Waals surface area contributed by atoms with Gasteiger partial charge in [0.2, 0.25) is 0 Å². The minimum Gasteiger partial charge on any atom is -0.264 e. The average molecular weight is 262 g/mol. The lowest BCUT2D eigenvalue weighted by Crippen LogP contribution is -2.21. The zero-order chi connectivity index (χ0) is 13.2. The summed E-state index contributed by atoms with van der Waals surface area (Å²) in [5, 5.41) is 2.69. The summed E-state index contributed by atoms with van der Waals surface area (Å²) in [6, 6.07) is 8.39. The van der Waals surface area contributed by atoms with Crippen LogP contribution in [0.15, 0.2) is 36.7 Å². The lowest BCUT2D eigenvalue weighted by Gasteiger charge is -2.25. The number of aryl methyl sites for hydroxylation is 1. The van der Waals surface area contributed by atoms with Crippen LogP contribution in [0.1, 0.15) is 32.8 Å². The number of fused-ring (bicyclic) bond motifs is 1. The summed E-state index contributed by atoms with van der Waals surface area (Å²) in [5.74, 6) is 0. The first kappa shape index (κ1) is 13.4. The van der Waals surface area contributed by atoms with Crippen molar-refractivity contribution in [2.45, 2.75) is 39.0 Å². The van der Waals surface area contributed by atoms with Gasteiger partial charge in [-0.05, 0) is 29.2 Å². The summed E-state index contributed by atoms with van der Waals surface area (Å²) < 4.78 is 0. The van der Waals surface area contributed by atoms with Crippen LogP contribution in [-0.2, 0) is 6.42 Å². The van der Waals surface area contributed by atoms with Crippen LogP contribution in [0.5, 0.6) is 0 Å². The van der Waals surface area contributed by atoms with Gasteiger partial charge in [-0.25, -0.2) is 0 Å². The molecule has 18 heavy (non-hydrogen) atoms. The summed E-state index contributed by atoms with van der Waals surface area (Å²) in [4.78, 5) is 4.31. The quantitative estimate of drug-likeness (QED) is 0.722. The van der Waals surface area contributed by atoms with E-state index in [-0.39, 0.29) is 10.8 Å². The van der Waals surface area contributed by atoms with Gasteiger partial charge in [0, 0.05) is 23.2 Å². The normalized spacial score (nSPS) is 13.8. The molecule has 96 valence electrons. The molecule has 0 N–H and O–H groups in total. The third-order valence-electron chi connectivity index (χ3n) is 3.36. The van der Waals surface area contributed by atoms with E-state index in [0.717, 1.165) is 12.8 Å². The molecule has 2 rings (SSSR count). The van der Waals surface area contributed by atoms with E-state index < -0.39 is 0 Å². The predicted molar refractivity (Wildman–Crippen MR) is 79.2 cm³/mol. The van der Waals surface area contributed by atoms with Crippen molar-refractivity contribution < 1.29 is 0 Å². The van der Waals surface area contributed by atoms with Gasteiger partial charge in [-0.15, -0.1) is 11.6 Å². The van der Waals surface area contributed by atoms with Gasteiger partial charge in [-0.2, -0.15) is 0 Å². The van der Waals surface area contributed by atoms with Crippen molar-refractivity contribution >= 4 is 22.4 Å². The lowest BCUT2D eigenvalue weighted by molar-refractivity contribution is 0.374. The summed E-state index contributed by atoms with van der Waals surface area (Å²) in [6.07, 6.45) is 5.86. The number of halogens is 1.